The third kappa shape index (κ3) is 5.93. The van der Waals surface area contributed by atoms with Crippen molar-refractivity contribution in [1.82, 2.24) is 4.57 Å². The average Bonchev–Trinajstić information content (AvgIpc) is 3.08. The van der Waals surface area contributed by atoms with E-state index in [1.165, 1.54) is 37.4 Å². The number of ether oxygens (including phenoxy) is 2. The Morgan fingerprint density at radius 1 is 1.21 bits per heavy atom. The van der Waals surface area contributed by atoms with Crippen molar-refractivity contribution >= 4 is 38.2 Å². The largest absolute Gasteiger partial charge is 0.495 e. The van der Waals surface area contributed by atoms with E-state index < -0.39 is 35.3 Å². The van der Waals surface area contributed by atoms with Crippen molar-refractivity contribution in [3.8, 4) is 17.6 Å². The number of methoxy groups -OCH3 is 1. The van der Waals surface area contributed by atoms with E-state index in [1.54, 1.807) is 12.1 Å². The SMILES string of the molecule is COc1cc(S(C)(=O)=O)ccc1NC(=O)OCC#Cc1cc2c(N)cccc2n1CC(F)(F)F. The number of amides is 1. The highest BCUT2D eigenvalue weighted by Crippen LogP contribution is 2.29. The molecule has 0 aliphatic rings. The van der Waals surface area contributed by atoms with Crippen LogP contribution in [0.15, 0.2) is 47.4 Å². The molecule has 34 heavy (non-hydrogen) atoms. The monoisotopic (exact) mass is 495 g/mol. The Bertz CT molecular complexity index is 1400. The van der Waals surface area contributed by atoms with E-state index in [9.17, 15) is 26.4 Å². The fourth-order valence-electron chi connectivity index (χ4n) is 3.14. The van der Waals surface area contributed by atoms with Gasteiger partial charge in [0.15, 0.2) is 16.4 Å². The van der Waals surface area contributed by atoms with Crippen LogP contribution in [0.5, 0.6) is 5.75 Å². The number of nitrogen functional groups attached to an aromatic ring is 1. The van der Waals surface area contributed by atoms with Crippen molar-refractivity contribution in [2.45, 2.75) is 17.6 Å². The number of anilines is 2. The summed E-state index contributed by atoms with van der Waals surface area (Å²) in [5, 5.41) is 2.82. The molecule has 180 valence electrons. The summed E-state index contributed by atoms with van der Waals surface area (Å²) in [6.45, 7) is -1.67. The van der Waals surface area contributed by atoms with Crippen LogP contribution in [0.25, 0.3) is 10.9 Å². The summed E-state index contributed by atoms with van der Waals surface area (Å²) in [5.41, 5.74) is 6.68. The molecular weight excluding hydrogens is 475 g/mol. The van der Waals surface area contributed by atoms with Crippen molar-refractivity contribution < 1.29 is 35.9 Å². The highest BCUT2D eigenvalue weighted by molar-refractivity contribution is 7.90. The Morgan fingerprint density at radius 3 is 2.59 bits per heavy atom. The lowest BCUT2D eigenvalue weighted by Crippen LogP contribution is -2.18. The van der Waals surface area contributed by atoms with E-state index >= 15 is 0 Å². The van der Waals surface area contributed by atoms with E-state index in [4.69, 9.17) is 15.2 Å². The predicted molar refractivity (Wildman–Crippen MR) is 120 cm³/mol. The van der Waals surface area contributed by atoms with Gasteiger partial charge in [-0.25, -0.2) is 13.2 Å². The number of nitrogens with two attached hydrogens (primary N) is 1. The van der Waals surface area contributed by atoms with Gasteiger partial charge in [0.05, 0.1) is 28.9 Å². The van der Waals surface area contributed by atoms with E-state index in [1.807, 2.05) is 0 Å². The van der Waals surface area contributed by atoms with Crippen LogP contribution in [0.1, 0.15) is 5.69 Å². The van der Waals surface area contributed by atoms with Gasteiger partial charge in [-0.1, -0.05) is 12.0 Å². The quantitative estimate of drug-likeness (QED) is 0.411. The minimum atomic E-state index is -4.48. The normalized spacial score (nSPS) is 11.6. The molecule has 1 aromatic heterocycles. The number of sulfone groups is 1. The van der Waals surface area contributed by atoms with Gasteiger partial charge < -0.3 is 19.8 Å². The summed E-state index contributed by atoms with van der Waals surface area (Å²) in [4.78, 5) is 12.1. The zero-order valence-corrected chi connectivity index (χ0v) is 18.9. The topological polar surface area (TPSA) is 113 Å². The van der Waals surface area contributed by atoms with Gasteiger partial charge in [-0.05, 0) is 36.3 Å². The van der Waals surface area contributed by atoms with Crippen LogP contribution in [-0.2, 0) is 21.1 Å². The number of aromatic nitrogens is 1. The standard InChI is InChI=1S/C22H20F3N3O5S/c1-32-20-12-15(34(2,30)31)8-9-18(20)27-21(29)33-10-4-5-14-11-16-17(26)6-3-7-19(16)28(14)13-22(23,24)25/h3,6-9,11-12H,10,13,26H2,1-2H3,(H,27,29). The van der Waals surface area contributed by atoms with Crippen LogP contribution in [0, 0.1) is 11.8 Å². The zero-order chi connectivity index (χ0) is 25.1. The number of halogens is 3. The number of carbonyl (C=O) groups excluding carboxylic acids is 1. The number of nitrogens with one attached hydrogen (secondary N) is 1. The van der Waals surface area contributed by atoms with Gasteiger partial charge in [0.2, 0.25) is 0 Å². The molecule has 0 unspecified atom stereocenters. The number of hydrogen-bond acceptors (Lipinski definition) is 6. The first kappa shape index (κ1) is 24.8. The molecule has 3 rings (SSSR count). The first-order valence-electron chi connectivity index (χ1n) is 9.64. The van der Waals surface area contributed by atoms with Crippen LogP contribution in [0.2, 0.25) is 0 Å². The van der Waals surface area contributed by atoms with E-state index in [0.29, 0.717) is 11.1 Å². The first-order chi connectivity index (χ1) is 15.9. The molecule has 12 heteroatoms. The molecule has 3 N–H and O–H groups in total. The maximum absolute atomic E-state index is 13.1. The Balaban J connectivity index is 1.73. The fraction of sp³-hybridized carbons (Fsp3) is 0.227. The number of benzene rings is 2. The van der Waals surface area contributed by atoms with Crippen LogP contribution in [0.4, 0.5) is 29.3 Å². The molecule has 0 aliphatic carbocycles. The van der Waals surface area contributed by atoms with Crippen LogP contribution < -0.4 is 15.8 Å². The number of hydrogen-bond donors (Lipinski definition) is 2. The summed E-state index contributed by atoms with van der Waals surface area (Å²) in [6, 6.07) is 9.94. The number of alkyl halides is 3. The van der Waals surface area contributed by atoms with Crippen molar-refractivity contribution in [1.29, 1.82) is 0 Å². The predicted octanol–water partition coefficient (Wildman–Crippen LogP) is 3.80. The Hall–Kier alpha value is -3.85. The average molecular weight is 495 g/mol. The summed E-state index contributed by atoms with van der Waals surface area (Å²) >= 11 is 0. The molecule has 8 nitrogen and oxygen atoms in total. The lowest BCUT2D eigenvalue weighted by Gasteiger charge is -2.11. The minimum Gasteiger partial charge on any atom is -0.495 e. The van der Waals surface area contributed by atoms with Crippen LogP contribution in [0.3, 0.4) is 0 Å². The summed E-state index contributed by atoms with van der Waals surface area (Å²) in [5.74, 6) is 5.19. The molecule has 0 saturated heterocycles. The lowest BCUT2D eigenvalue weighted by molar-refractivity contribution is -0.140. The number of fused-ring (bicyclic) bond motifs is 1. The van der Waals surface area contributed by atoms with Gasteiger partial charge in [-0.2, -0.15) is 13.2 Å². The van der Waals surface area contributed by atoms with Crippen molar-refractivity contribution in [3.63, 3.8) is 0 Å². The maximum Gasteiger partial charge on any atom is 0.412 e. The van der Waals surface area contributed by atoms with Gasteiger partial charge in [0.25, 0.3) is 0 Å². The molecule has 0 atom stereocenters. The molecule has 0 spiro atoms. The third-order valence-electron chi connectivity index (χ3n) is 4.65. The smallest absolute Gasteiger partial charge is 0.412 e. The molecule has 3 aromatic rings. The molecule has 0 bridgehead atoms. The molecule has 0 saturated carbocycles. The van der Waals surface area contributed by atoms with Gasteiger partial charge in [-0.15, -0.1) is 0 Å². The third-order valence-corrected chi connectivity index (χ3v) is 5.76. The molecule has 1 heterocycles. The molecule has 2 aromatic carbocycles. The van der Waals surface area contributed by atoms with E-state index in [-0.39, 0.29) is 27.5 Å². The van der Waals surface area contributed by atoms with Crippen molar-refractivity contribution in [2.24, 2.45) is 0 Å². The lowest BCUT2D eigenvalue weighted by atomic mass is 10.2. The second-order valence-corrected chi connectivity index (χ2v) is 9.16. The zero-order valence-electron chi connectivity index (χ0n) is 18.1. The number of carbonyl (C=O) groups is 1. The molecule has 0 aliphatic heterocycles. The summed E-state index contributed by atoms with van der Waals surface area (Å²) in [6.07, 6.45) is -4.36. The molecule has 0 radical (unpaired) electrons. The molecule has 1 amide bonds. The van der Waals surface area contributed by atoms with E-state index in [2.05, 4.69) is 17.2 Å². The Labute approximate surface area is 193 Å². The Kier molecular flexibility index (Phi) is 6.97. The minimum absolute atomic E-state index is 0.00372. The van der Waals surface area contributed by atoms with Crippen LogP contribution >= 0.6 is 0 Å². The van der Waals surface area contributed by atoms with E-state index in [0.717, 1.165) is 10.8 Å². The number of rotatable bonds is 5. The van der Waals surface area contributed by atoms with Crippen molar-refractivity contribution in [3.05, 3.63) is 48.2 Å². The maximum atomic E-state index is 13.1. The highest BCUT2D eigenvalue weighted by atomic mass is 32.2. The second-order valence-electron chi connectivity index (χ2n) is 7.15. The summed E-state index contributed by atoms with van der Waals surface area (Å²) < 4.78 is 73.5. The van der Waals surface area contributed by atoms with Gasteiger partial charge in [0, 0.05) is 23.4 Å². The first-order valence-corrected chi connectivity index (χ1v) is 11.5. The van der Waals surface area contributed by atoms with Gasteiger partial charge in [-0.3, -0.25) is 5.32 Å². The van der Waals surface area contributed by atoms with Gasteiger partial charge >= 0.3 is 12.3 Å². The molecule has 0 fully saturated rings. The summed E-state index contributed by atoms with van der Waals surface area (Å²) in [7, 11) is -2.17. The second kappa shape index (κ2) is 9.56. The molecular formula is C22H20F3N3O5S. The number of nitrogens with zero attached hydrogens (tertiary/aromatic N) is 1. The van der Waals surface area contributed by atoms with Crippen molar-refractivity contribution in [2.75, 3.05) is 31.0 Å². The van der Waals surface area contributed by atoms with Gasteiger partial charge in [0.1, 0.15) is 12.3 Å². The fourth-order valence-corrected chi connectivity index (χ4v) is 3.78. The Morgan fingerprint density at radius 2 is 1.94 bits per heavy atom. The van der Waals surface area contributed by atoms with Crippen LogP contribution in [-0.4, -0.2) is 45.2 Å². The highest BCUT2D eigenvalue weighted by Gasteiger charge is 2.29.